The number of para-hydroxylation sites is 2. The van der Waals surface area contributed by atoms with Crippen LogP contribution in [0, 0.1) is 0 Å². The quantitative estimate of drug-likeness (QED) is 0.273. The van der Waals surface area contributed by atoms with Crippen molar-refractivity contribution in [2.45, 2.75) is 6.92 Å². The van der Waals surface area contributed by atoms with Gasteiger partial charge in [-0.2, -0.15) is 0 Å². The van der Waals surface area contributed by atoms with Crippen LogP contribution in [0.25, 0.3) is 39.0 Å². The lowest BCUT2D eigenvalue weighted by Crippen LogP contribution is -2.40. The van der Waals surface area contributed by atoms with Crippen LogP contribution in [-0.4, -0.2) is 58.8 Å². The largest absolute Gasteiger partial charge is 0.378 e. The molecule has 4 heterocycles. The summed E-state index contributed by atoms with van der Waals surface area (Å²) >= 11 is 0. The maximum atomic E-state index is 13.4. The van der Waals surface area contributed by atoms with Gasteiger partial charge in [0, 0.05) is 48.1 Å². The molecule has 1 fully saturated rings. The van der Waals surface area contributed by atoms with E-state index in [1.807, 2.05) is 54.6 Å². The summed E-state index contributed by atoms with van der Waals surface area (Å²) in [5, 5.41) is 1.75. The molecule has 2 amide bonds. The van der Waals surface area contributed by atoms with Gasteiger partial charge in [-0.25, -0.2) is 4.98 Å². The molecule has 0 bridgehead atoms. The molecule has 0 spiro atoms. The van der Waals surface area contributed by atoms with Crippen molar-refractivity contribution in [1.29, 1.82) is 0 Å². The first-order chi connectivity index (χ1) is 20.5. The monoisotopic (exact) mass is 554 g/mol. The topological polar surface area (TPSA) is 92.7 Å². The molecule has 2 aliphatic heterocycles. The van der Waals surface area contributed by atoms with Crippen LogP contribution >= 0.6 is 0 Å². The van der Waals surface area contributed by atoms with Crippen molar-refractivity contribution in [3.8, 4) is 11.1 Å². The number of hydrogen-bond donors (Lipinski definition) is 0. The molecule has 42 heavy (non-hydrogen) atoms. The zero-order valence-corrected chi connectivity index (χ0v) is 22.9. The summed E-state index contributed by atoms with van der Waals surface area (Å²) in [6.45, 7) is 3.58. The molecule has 206 valence electrons. The molecule has 2 aliphatic rings. The highest BCUT2D eigenvalue weighted by molar-refractivity contribution is 6.26. The fraction of sp³-hybridized carbons (Fsp3) is 0.147. The van der Waals surface area contributed by atoms with Gasteiger partial charge in [0.25, 0.3) is 5.91 Å². The molecule has 0 unspecified atom stereocenters. The molecule has 8 heteroatoms. The minimum absolute atomic E-state index is 0.0525. The van der Waals surface area contributed by atoms with E-state index in [4.69, 9.17) is 9.72 Å². The predicted octanol–water partition coefficient (Wildman–Crippen LogP) is 5.51. The van der Waals surface area contributed by atoms with Gasteiger partial charge in [0.1, 0.15) is 0 Å². The van der Waals surface area contributed by atoms with Crippen molar-refractivity contribution in [3.63, 3.8) is 0 Å². The molecule has 3 aromatic carbocycles. The summed E-state index contributed by atoms with van der Waals surface area (Å²) in [6, 6.07) is 24.3. The Morgan fingerprint density at radius 3 is 2.45 bits per heavy atom. The standard InChI is InChI=1S/C34H26N4O4/c1-21(39)38-31-9-5-3-7-26(31)33(40)32(38)20-23-19-27(24-12-13-35-29-8-4-2-6-25(24)29)28-18-22(10-11-30(28)36-23)34(41)37-14-16-42-17-15-37/h2-13,18-20H,14-17H2,1H3/b32-20+. The first kappa shape index (κ1) is 25.7. The van der Waals surface area contributed by atoms with Crippen LogP contribution in [0.2, 0.25) is 0 Å². The number of nitrogens with zero attached hydrogens (tertiary/aromatic N) is 4. The molecule has 0 aliphatic carbocycles. The van der Waals surface area contributed by atoms with Crippen molar-refractivity contribution in [1.82, 2.24) is 14.9 Å². The second-order valence-corrected chi connectivity index (χ2v) is 10.3. The van der Waals surface area contributed by atoms with E-state index in [1.54, 1.807) is 41.4 Å². The average Bonchev–Trinajstić information content (AvgIpc) is 3.31. The Morgan fingerprint density at radius 1 is 0.833 bits per heavy atom. The lowest BCUT2D eigenvalue weighted by molar-refractivity contribution is -0.116. The van der Waals surface area contributed by atoms with E-state index in [-0.39, 0.29) is 23.3 Å². The fourth-order valence-electron chi connectivity index (χ4n) is 5.80. The zero-order chi connectivity index (χ0) is 28.8. The van der Waals surface area contributed by atoms with Crippen molar-refractivity contribution in [3.05, 3.63) is 108 Å². The van der Waals surface area contributed by atoms with Gasteiger partial charge in [-0.15, -0.1) is 0 Å². The highest BCUT2D eigenvalue weighted by Crippen LogP contribution is 2.38. The van der Waals surface area contributed by atoms with E-state index in [9.17, 15) is 14.4 Å². The SMILES string of the molecule is CC(=O)N1/C(=C/c2cc(-c3ccnc4ccccc34)c3cc(C(=O)N4CCOCC4)ccc3n2)C(=O)c2ccccc21. The Kier molecular flexibility index (Phi) is 6.32. The molecular weight excluding hydrogens is 528 g/mol. The van der Waals surface area contributed by atoms with Crippen molar-refractivity contribution >= 4 is 51.2 Å². The summed E-state index contributed by atoms with van der Waals surface area (Å²) < 4.78 is 5.43. The van der Waals surface area contributed by atoms with Crippen LogP contribution in [-0.2, 0) is 9.53 Å². The second-order valence-electron chi connectivity index (χ2n) is 10.3. The molecule has 1 saturated heterocycles. The van der Waals surface area contributed by atoms with E-state index in [1.165, 1.54) is 11.8 Å². The van der Waals surface area contributed by atoms with Crippen molar-refractivity contribution < 1.29 is 19.1 Å². The molecule has 0 saturated carbocycles. The second kappa shape index (κ2) is 10.3. The van der Waals surface area contributed by atoms with Crippen LogP contribution in [0.15, 0.2) is 90.8 Å². The maximum absolute atomic E-state index is 13.4. The third kappa shape index (κ3) is 4.33. The number of aromatic nitrogens is 2. The first-order valence-electron chi connectivity index (χ1n) is 13.8. The zero-order valence-electron chi connectivity index (χ0n) is 22.9. The number of fused-ring (bicyclic) bond motifs is 3. The summed E-state index contributed by atoms with van der Waals surface area (Å²) in [6.07, 6.45) is 3.43. The van der Waals surface area contributed by atoms with Crippen LogP contribution in [0.1, 0.15) is 33.3 Å². The summed E-state index contributed by atoms with van der Waals surface area (Å²) in [5.74, 6) is -0.541. The number of allylic oxidation sites excluding steroid dienone is 1. The van der Waals surface area contributed by atoms with Gasteiger partial charge in [0.2, 0.25) is 11.7 Å². The molecule has 2 aromatic heterocycles. The van der Waals surface area contributed by atoms with Gasteiger partial charge < -0.3 is 9.64 Å². The Bertz CT molecular complexity index is 1950. The normalized spacial score (nSPS) is 15.9. The van der Waals surface area contributed by atoms with E-state index < -0.39 is 0 Å². The van der Waals surface area contributed by atoms with E-state index >= 15 is 0 Å². The number of amides is 2. The minimum atomic E-state index is -0.257. The minimum Gasteiger partial charge on any atom is -0.378 e. The van der Waals surface area contributed by atoms with Crippen LogP contribution in [0.3, 0.4) is 0 Å². The fourth-order valence-corrected chi connectivity index (χ4v) is 5.80. The molecule has 0 N–H and O–H groups in total. The highest BCUT2D eigenvalue weighted by Gasteiger charge is 2.34. The number of hydrogen-bond acceptors (Lipinski definition) is 6. The first-order valence-corrected chi connectivity index (χ1v) is 13.8. The summed E-state index contributed by atoms with van der Waals surface area (Å²) in [4.78, 5) is 52.2. The number of anilines is 1. The Labute approximate surface area is 241 Å². The van der Waals surface area contributed by atoms with Crippen LogP contribution < -0.4 is 4.90 Å². The molecule has 5 aromatic rings. The smallest absolute Gasteiger partial charge is 0.254 e. The number of carbonyl (C=O) groups excluding carboxylic acids is 3. The van der Waals surface area contributed by atoms with Crippen LogP contribution in [0.4, 0.5) is 5.69 Å². The number of ether oxygens (including phenoxy) is 1. The van der Waals surface area contributed by atoms with E-state index in [0.717, 1.165) is 27.4 Å². The number of pyridine rings is 2. The number of benzene rings is 3. The third-order valence-corrected chi connectivity index (χ3v) is 7.78. The maximum Gasteiger partial charge on any atom is 0.254 e. The molecule has 0 atom stereocenters. The summed E-state index contributed by atoms with van der Waals surface area (Å²) in [7, 11) is 0. The third-order valence-electron chi connectivity index (χ3n) is 7.78. The van der Waals surface area contributed by atoms with Crippen molar-refractivity contribution in [2.24, 2.45) is 0 Å². The van der Waals surface area contributed by atoms with Gasteiger partial charge in [0.05, 0.1) is 41.3 Å². The molecule has 7 rings (SSSR count). The molecular formula is C34H26N4O4. The number of ketones is 1. The highest BCUT2D eigenvalue weighted by atomic mass is 16.5. The number of carbonyl (C=O) groups is 3. The molecule has 8 nitrogen and oxygen atoms in total. The number of morpholine rings is 1. The lowest BCUT2D eigenvalue weighted by atomic mass is 9.95. The van der Waals surface area contributed by atoms with Gasteiger partial charge in [0.15, 0.2) is 0 Å². The Morgan fingerprint density at radius 2 is 1.62 bits per heavy atom. The van der Waals surface area contributed by atoms with Gasteiger partial charge >= 0.3 is 0 Å². The van der Waals surface area contributed by atoms with Gasteiger partial charge in [-0.05, 0) is 65.7 Å². The Balaban J connectivity index is 1.43. The average molecular weight is 555 g/mol. The van der Waals surface area contributed by atoms with Crippen LogP contribution in [0.5, 0.6) is 0 Å². The van der Waals surface area contributed by atoms with E-state index in [0.29, 0.717) is 54.3 Å². The lowest BCUT2D eigenvalue weighted by Gasteiger charge is -2.27. The molecule has 0 radical (unpaired) electrons. The van der Waals surface area contributed by atoms with Gasteiger partial charge in [-0.3, -0.25) is 24.3 Å². The number of rotatable bonds is 3. The van der Waals surface area contributed by atoms with Crippen molar-refractivity contribution in [2.75, 3.05) is 31.2 Å². The number of Topliss-reactive ketones (excluding diaryl/α,β-unsaturated/α-hetero) is 1. The van der Waals surface area contributed by atoms with Gasteiger partial charge in [-0.1, -0.05) is 30.3 Å². The summed E-state index contributed by atoms with van der Waals surface area (Å²) in [5.41, 5.74) is 5.66. The van der Waals surface area contributed by atoms with E-state index in [2.05, 4.69) is 4.98 Å². The Hall–Kier alpha value is -5.21. The predicted molar refractivity (Wildman–Crippen MR) is 161 cm³/mol.